The summed E-state index contributed by atoms with van der Waals surface area (Å²) >= 11 is 0. The minimum atomic E-state index is 0.489. The summed E-state index contributed by atoms with van der Waals surface area (Å²) in [7, 11) is 7.14. The molecular weight excluding hydrogens is 184 g/mol. The third-order valence-corrected chi connectivity index (χ3v) is 3.89. The van der Waals surface area contributed by atoms with Crippen LogP contribution in [0.4, 0.5) is 0 Å². The molecule has 2 nitrogen and oxygen atoms in total. The van der Waals surface area contributed by atoms with Crippen LogP contribution in [0.2, 0.25) is 0 Å². The van der Waals surface area contributed by atoms with Gasteiger partial charge in [-0.05, 0) is 5.41 Å². The van der Waals surface area contributed by atoms with Crippen LogP contribution in [0.5, 0.6) is 0 Å². The zero-order valence-corrected chi connectivity index (χ0v) is 11.6. The molecule has 1 rings (SSSR count). The van der Waals surface area contributed by atoms with Crippen molar-refractivity contribution in [1.29, 1.82) is 0 Å². The molecule has 2 heteroatoms. The molecule has 0 aromatic carbocycles. The second kappa shape index (κ2) is 4.06. The van der Waals surface area contributed by atoms with E-state index in [1.165, 1.54) is 48.1 Å². The Morgan fingerprint density at radius 1 is 0.867 bits per heavy atom. The monoisotopic (exact) mass is 214 g/mol. The van der Waals surface area contributed by atoms with E-state index in [0.717, 1.165) is 0 Å². The van der Waals surface area contributed by atoms with E-state index >= 15 is 0 Å². The van der Waals surface area contributed by atoms with Crippen LogP contribution in [0.3, 0.4) is 0 Å². The Kier molecular flexibility index (Phi) is 3.52. The van der Waals surface area contributed by atoms with Crippen LogP contribution in [0.25, 0.3) is 0 Å². The molecule has 0 bridgehead atoms. The van der Waals surface area contributed by atoms with Crippen molar-refractivity contribution in [1.82, 2.24) is 0 Å². The summed E-state index contributed by atoms with van der Waals surface area (Å²) in [5, 5.41) is 0. The Morgan fingerprint density at radius 3 is 1.73 bits per heavy atom. The summed E-state index contributed by atoms with van der Waals surface area (Å²) < 4.78 is 2.50. The third kappa shape index (κ3) is 4.52. The van der Waals surface area contributed by atoms with E-state index in [9.17, 15) is 0 Å². The fourth-order valence-corrected chi connectivity index (χ4v) is 2.08. The number of rotatable bonds is 2. The maximum Gasteiger partial charge on any atom is 0.128 e. The molecule has 1 aliphatic heterocycles. The number of hydrogen-bond donors (Lipinski definition) is 0. The Balaban J connectivity index is 2.42. The molecule has 0 amide bonds. The lowest BCUT2D eigenvalue weighted by atomic mass is 9.91. The number of nitrogens with zero attached hydrogens (tertiary/aromatic N) is 2. The quantitative estimate of drug-likeness (QED) is 0.617. The number of hydrogen-bond acceptors (Lipinski definition) is 0. The molecule has 0 radical (unpaired) electrons. The second-order valence-electron chi connectivity index (χ2n) is 7.48. The van der Waals surface area contributed by atoms with Gasteiger partial charge in [-0.25, -0.2) is 0 Å². The Labute approximate surface area is 96.1 Å². The maximum atomic E-state index is 2.44. The standard InChI is InChI=1S/C13H30N2/c1-13(2,3)7-8-15(6)11-9-14(4,5)10-12-15/h7-12H2,1-6H3/q+2. The van der Waals surface area contributed by atoms with Crippen molar-refractivity contribution in [3.63, 3.8) is 0 Å². The fraction of sp³-hybridized carbons (Fsp3) is 1.00. The van der Waals surface area contributed by atoms with Crippen LogP contribution >= 0.6 is 0 Å². The highest BCUT2D eigenvalue weighted by Crippen LogP contribution is 2.22. The van der Waals surface area contributed by atoms with Crippen molar-refractivity contribution < 1.29 is 8.97 Å². The van der Waals surface area contributed by atoms with Crippen LogP contribution in [0.15, 0.2) is 0 Å². The van der Waals surface area contributed by atoms with Gasteiger partial charge in [-0.15, -0.1) is 0 Å². The molecule has 1 saturated heterocycles. The number of likely N-dealkylation sites (N-methyl/N-ethyl adjacent to an activating group) is 2. The minimum absolute atomic E-state index is 0.489. The van der Waals surface area contributed by atoms with Crippen molar-refractivity contribution in [2.24, 2.45) is 5.41 Å². The van der Waals surface area contributed by atoms with Gasteiger partial charge in [0.05, 0.1) is 27.7 Å². The first kappa shape index (κ1) is 13.0. The largest absolute Gasteiger partial charge is 0.319 e. The molecule has 1 aliphatic rings. The summed E-state index contributed by atoms with van der Waals surface area (Å²) in [4.78, 5) is 0. The predicted molar refractivity (Wildman–Crippen MR) is 66.7 cm³/mol. The third-order valence-electron chi connectivity index (χ3n) is 3.89. The molecule has 0 aromatic rings. The van der Waals surface area contributed by atoms with Crippen molar-refractivity contribution >= 4 is 0 Å². The molecule has 1 heterocycles. The second-order valence-corrected chi connectivity index (χ2v) is 7.48. The summed E-state index contributed by atoms with van der Waals surface area (Å²) in [5.41, 5.74) is 0.489. The van der Waals surface area contributed by atoms with E-state index in [2.05, 4.69) is 41.9 Å². The van der Waals surface area contributed by atoms with Crippen LogP contribution in [0.1, 0.15) is 27.2 Å². The smallest absolute Gasteiger partial charge is 0.128 e. The predicted octanol–water partition coefficient (Wildman–Crippen LogP) is 1.96. The van der Waals surface area contributed by atoms with E-state index in [1.54, 1.807) is 0 Å². The fourth-order valence-electron chi connectivity index (χ4n) is 2.08. The zero-order valence-electron chi connectivity index (χ0n) is 11.6. The summed E-state index contributed by atoms with van der Waals surface area (Å²) in [5.74, 6) is 0. The highest BCUT2D eigenvalue weighted by Gasteiger charge is 2.34. The lowest BCUT2D eigenvalue weighted by molar-refractivity contribution is -1.01. The van der Waals surface area contributed by atoms with E-state index in [4.69, 9.17) is 0 Å². The van der Waals surface area contributed by atoms with Crippen molar-refractivity contribution in [3.05, 3.63) is 0 Å². The van der Waals surface area contributed by atoms with Crippen LogP contribution < -0.4 is 0 Å². The van der Waals surface area contributed by atoms with E-state index < -0.39 is 0 Å². The lowest BCUT2D eigenvalue weighted by Gasteiger charge is -2.45. The highest BCUT2D eigenvalue weighted by atomic mass is 15.4. The van der Waals surface area contributed by atoms with Crippen LogP contribution in [0, 0.1) is 5.41 Å². The molecule has 0 unspecified atom stereocenters. The van der Waals surface area contributed by atoms with Crippen molar-refractivity contribution in [3.8, 4) is 0 Å². The highest BCUT2D eigenvalue weighted by molar-refractivity contribution is 4.61. The normalized spacial score (nSPS) is 25.2. The van der Waals surface area contributed by atoms with Gasteiger partial charge in [0.25, 0.3) is 0 Å². The molecule has 0 spiro atoms. The van der Waals surface area contributed by atoms with Gasteiger partial charge in [0, 0.05) is 6.42 Å². The number of quaternary nitrogens is 2. The van der Waals surface area contributed by atoms with Crippen molar-refractivity contribution in [2.75, 3.05) is 53.9 Å². The van der Waals surface area contributed by atoms with Gasteiger partial charge < -0.3 is 8.97 Å². The summed E-state index contributed by atoms with van der Waals surface area (Å²) in [6, 6.07) is 0. The van der Waals surface area contributed by atoms with Crippen LogP contribution in [-0.2, 0) is 0 Å². The molecule has 0 atom stereocenters. The van der Waals surface area contributed by atoms with E-state index in [0.29, 0.717) is 5.41 Å². The average molecular weight is 214 g/mol. The van der Waals surface area contributed by atoms with Gasteiger partial charge in [0.15, 0.2) is 0 Å². The van der Waals surface area contributed by atoms with Gasteiger partial charge in [-0.2, -0.15) is 0 Å². The summed E-state index contributed by atoms with van der Waals surface area (Å²) in [6.45, 7) is 13.8. The van der Waals surface area contributed by atoms with Crippen molar-refractivity contribution in [2.45, 2.75) is 27.2 Å². The first-order valence-corrected chi connectivity index (χ1v) is 6.28. The number of piperazine rings is 1. The summed E-state index contributed by atoms with van der Waals surface area (Å²) in [6.07, 6.45) is 1.34. The van der Waals surface area contributed by atoms with Gasteiger partial charge in [0.2, 0.25) is 0 Å². The maximum absolute atomic E-state index is 2.44. The Hall–Kier alpha value is -0.0800. The molecular formula is C13H30N2+2. The molecule has 15 heavy (non-hydrogen) atoms. The Bertz CT molecular complexity index is 203. The first-order chi connectivity index (χ1) is 6.62. The topological polar surface area (TPSA) is 0 Å². The molecule has 1 fully saturated rings. The molecule has 0 N–H and O–H groups in total. The van der Waals surface area contributed by atoms with Gasteiger partial charge in [0.1, 0.15) is 26.2 Å². The van der Waals surface area contributed by atoms with E-state index in [1.807, 2.05) is 0 Å². The van der Waals surface area contributed by atoms with Gasteiger partial charge in [-0.3, -0.25) is 0 Å². The Morgan fingerprint density at radius 2 is 1.33 bits per heavy atom. The molecule has 0 aromatic heterocycles. The minimum Gasteiger partial charge on any atom is -0.319 e. The zero-order chi connectivity index (χ0) is 11.7. The van der Waals surface area contributed by atoms with Crippen LogP contribution in [-0.4, -0.2) is 62.8 Å². The first-order valence-electron chi connectivity index (χ1n) is 6.28. The average Bonchev–Trinajstić information content (AvgIpc) is 2.07. The van der Waals surface area contributed by atoms with Gasteiger partial charge >= 0.3 is 0 Å². The molecule has 90 valence electrons. The lowest BCUT2D eigenvalue weighted by Crippen LogP contribution is -2.62. The molecule has 0 aliphatic carbocycles. The SMILES string of the molecule is CC(C)(C)CC[N+]1(C)CC[N+](C)(C)CC1. The molecule has 0 saturated carbocycles. The van der Waals surface area contributed by atoms with Gasteiger partial charge in [-0.1, -0.05) is 20.8 Å². The van der Waals surface area contributed by atoms with E-state index in [-0.39, 0.29) is 0 Å².